The lowest BCUT2D eigenvalue weighted by Gasteiger charge is -2.43. The lowest BCUT2D eigenvalue weighted by molar-refractivity contribution is -0.176. The molecule has 1 saturated heterocycles. The van der Waals surface area contributed by atoms with E-state index in [9.17, 15) is 32.3 Å². The van der Waals surface area contributed by atoms with Crippen molar-refractivity contribution in [3.05, 3.63) is 0 Å². The molecule has 2 aliphatic carbocycles. The summed E-state index contributed by atoms with van der Waals surface area (Å²) < 4.78 is 39.1. The number of carbonyl (C=O) groups is 4. The molecule has 1 aliphatic heterocycles. The number of urea groups is 1. The second-order valence-corrected chi connectivity index (χ2v) is 12.5. The second-order valence-electron chi connectivity index (χ2n) is 12.5. The molecule has 210 valence electrons. The number of nitrogens with zero attached hydrogens (tertiary/aromatic N) is 3. The van der Waals surface area contributed by atoms with Gasteiger partial charge < -0.3 is 20.4 Å². The van der Waals surface area contributed by atoms with Crippen LogP contribution in [0.2, 0.25) is 0 Å². The van der Waals surface area contributed by atoms with Gasteiger partial charge in [-0.1, -0.05) is 34.6 Å². The molecule has 1 heterocycles. The van der Waals surface area contributed by atoms with Gasteiger partial charge in [-0.25, -0.2) is 4.79 Å². The zero-order chi connectivity index (χ0) is 28.4. The van der Waals surface area contributed by atoms with Gasteiger partial charge in [-0.05, 0) is 51.2 Å². The Kier molecular flexibility index (Phi) is 7.20. The molecule has 3 rings (SSSR count). The average molecular weight is 532 g/mol. The van der Waals surface area contributed by atoms with Crippen molar-refractivity contribution < 1.29 is 32.3 Å². The number of alkyl halides is 3. The highest BCUT2D eigenvalue weighted by Gasteiger charge is 3.02. The topological polar surface area (TPSA) is 102 Å². The van der Waals surface area contributed by atoms with Gasteiger partial charge in [0.05, 0.1) is 0 Å². The normalized spacial score (nSPS) is 28.2. The van der Waals surface area contributed by atoms with Crippen LogP contribution in [-0.4, -0.2) is 97.0 Å². The molecule has 0 spiro atoms. The van der Waals surface area contributed by atoms with Crippen molar-refractivity contribution in [2.75, 3.05) is 40.3 Å². The number of halogens is 3. The fraction of sp³-hybridized carbons (Fsp3) is 0.840. The molecule has 5 amide bonds. The number of likely N-dealkylation sites (N-methyl/N-ethyl adjacent to an activating group) is 1. The molecule has 0 bridgehead atoms. The summed E-state index contributed by atoms with van der Waals surface area (Å²) in [6, 6.07) is -3.06. The molecule has 37 heavy (non-hydrogen) atoms. The van der Waals surface area contributed by atoms with Crippen molar-refractivity contribution in [1.29, 1.82) is 0 Å². The van der Waals surface area contributed by atoms with Crippen LogP contribution in [0, 0.1) is 21.7 Å². The Morgan fingerprint density at radius 3 is 2.16 bits per heavy atom. The largest absolute Gasteiger partial charge is 0.471 e. The SMILES string of the molecule is CCN(C(=O)NCCCN(C)C)C(=O)[C@H]1N(C(=O)[C@@H](NC(=O)C(F)(F)F)C(C)(C)C)CC23CC12C3(C)C. The Morgan fingerprint density at radius 2 is 1.70 bits per heavy atom. The fourth-order valence-electron chi connectivity index (χ4n) is 6.52. The molecule has 0 aromatic heterocycles. The minimum atomic E-state index is -5.16. The van der Waals surface area contributed by atoms with Crippen molar-refractivity contribution >= 4 is 23.8 Å². The number of rotatable bonds is 8. The van der Waals surface area contributed by atoms with E-state index in [1.807, 2.05) is 38.2 Å². The Bertz CT molecular complexity index is 976. The molecule has 2 unspecified atom stereocenters. The van der Waals surface area contributed by atoms with Crippen molar-refractivity contribution in [3.8, 4) is 0 Å². The number of hydrogen-bond donors (Lipinski definition) is 2. The summed E-state index contributed by atoms with van der Waals surface area (Å²) in [5.41, 5.74) is -2.14. The Balaban J connectivity index is 1.86. The second kappa shape index (κ2) is 9.13. The summed E-state index contributed by atoms with van der Waals surface area (Å²) in [4.78, 5) is 56.7. The number of hydrogen-bond acceptors (Lipinski definition) is 5. The van der Waals surface area contributed by atoms with Gasteiger partial charge in [0.15, 0.2) is 0 Å². The van der Waals surface area contributed by atoms with Gasteiger partial charge in [-0.2, -0.15) is 13.2 Å². The summed E-state index contributed by atoms with van der Waals surface area (Å²) in [5, 5.41) is 4.61. The minimum absolute atomic E-state index is 0.0773. The Morgan fingerprint density at radius 1 is 1.11 bits per heavy atom. The van der Waals surface area contributed by atoms with E-state index < -0.39 is 52.8 Å². The number of likely N-dealkylation sites (tertiary alicyclic amines) is 1. The first kappa shape index (κ1) is 29.2. The summed E-state index contributed by atoms with van der Waals surface area (Å²) in [6.45, 7) is 11.8. The van der Waals surface area contributed by atoms with Crippen LogP contribution >= 0.6 is 0 Å². The lowest BCUT2D eigenvalue weighted by atomic mass is 9.79. The van der Waals surface area contributed by atoms with E-state index in [1.54, 1.807) is 27.7 Å². The number of nitrogens with one attached hydrogen (secondary N) is 2. The first-order valence-electron chi connectivity index (χ1n) is 12.7. The molecule has 3 aliphatic rings. The van der Waals surface area contributed by atoms with E-state index in [0.717, 1.165) is 11.4 Å². The maximum Gasteiger partial charge on any atom is 0.471 e. The molecular weight excluding hydrogens is 491 g/mol. The van der Waals surface area contributed by atoms with E-state index in [-0.39, 0.29) is 23.9 Å². The minimum Gasteiger partial charge on any atom is -0.338 e. The van der Waals surface area contributed by atoms with Crippen molar-refractivity contribution in [1.82, 2.24) is 25.3 Å². The first-order valence-corrected chi connectivity index (χ1v) is 12.7. The monoisotopic (exact) mass is 531 g/mol. The maximum atomic E-state index is 13.9. The van der Waals surface area contributed by atoms with Gasteiger partial charge in [0, 0.05) is 30.5 Å². The van der Waals surface area contributed by atoms with Crippen LogP contribution in [0.3, 0.4) is 0 Å². The molecule has 9 nitrogen and oxygen atoms in total. The zero-order valence-corrected chi connectivity index (χ0v) is 23.0. The highest BCUT2D eigenvalue weighted by Crippen LogP contribution is 3.00. The standard InChI is InChI=1S/C25H40F3N5O4/c1-9-32(20(37)29-11-10-12-31(7)8)18(35)16-24-13-23(24,22(24,5)6)14-33(16)17(34)15(21(2,3)4)30-19(36)25(26,27)28/h15-16H,9-14H2,1-8H3,(H,29,37)(H,30,36)/t15-,16-,23?,24?/m1/s1. The summed E-state index contributed by atoms with van der Waals surface area (Å²) >= 11 is 0. The highest BCUT2D eigenvalue weighted by molar-refractivity contribution is 6.02. The molecule has 12 heteroatoms. The molecule has 3 fully saturated rings. The van der Waals surface area contributed by atoms with Crippen LogP contribution in [0.15, 0.2) is 0 Å². The van der Waals surface area contributed by atoms with Crippen LogP contribution in [0.25, 0.3) is 0 Å². The van der Waals surface area contributed by atoms with E-state index in [4.69, 9.17) is 0 Å². The summed E-state index contributed by atoms with van der Waals surface area (Å²) in [5.74, 6) is -3.49. The molecule has 0 radical (unpaired) electrons. The Hall–Kier alpha value is -2.37. The third kappa shape index (κ3) is 4.48. The fourth-order valence-corrected chi connectivity index (χ4v) is 6.52. The number of piperidine rings is 2. The average Bonchev–Trinajstić information content (AvgIpc) is 3.48. The van der Waals surface area contributed by atoms with Gasteiger partial charge in [0.1, 0.15) is 12.1 Å². The van der Waals surface area contributed by atoms with Crippen molar-refractivity contribution in [2.45, 2.75) is 72.6 Å². The first-order chi connectivity index (χ1) is 16.8. The molecule has 0 aromatic carbocycles. The van der Waals surface area contributed by atoms with Gasteiger partial charge in [-0.3, -0.25) is 19.3 Å². The molecule has 2 N–H and O–H groups in total. The van der Waals surface area contributed by atoms with Crippen LogP contribution in [0.4, 0.5) is 18.0 Å². The van der Waals surface area contributed by atoms with Gasteiger partial charge in [-0.15, -0.1) is 0 Å². The van der Waals surface area contributed by atoms with Crippen LogP contribution in [-0.2, 0) is 14.4 Å². The van der Waals surface area contributed by atoms with Gasteiger partial charge in [0.2, 0.25) is 5.91 Å². The zero-order valence-electron chi connectivity index (χ0n) is 23.0. The van der Waals surface area contributed by atoms with Crippen molar-refractivity contribution in [2.24, 2.45) is 21.7 Å². The highest BCUT2D eigenvalue weighted by atomic mass is 19.4. The maximum absolute atomic E-state index is 13.9. The van der Waals surface area contributed by atoms with Crippen LogP contribution < -0.4 is 10.6 Å². The van der Waals surface area contributed by atoms with E-state index in [2.05, 4.69) is 5.32 Å². The summed E-state index contributed by atoms with van der Waals surface area (Å²) in [7, 11) is 3.83. The van der Waals surface area contributed by atoms with Crippen LogP contribution in [0.5, 0.6) is 0 Å². The van der Waals surface area contributed by atoms with Gasteiger partial charge >= 0.3 is 18.1 Å². The quantitative estimate of drug-likeness (QED) is 0.468. The summed E-state index contributed by atoms with van der Waals surface area (Å²) in [6.07, 6.45) is -3.76. The third-order valence-corrected chi connectivity index (χ3v) is 8.83. The van der Waals surface area contributed by atoms with Gasteiger partial charge in [0.25, 0.3) is 5.91 Å². The number of carbonyl (C=O) groups excluding carboxylic acids is 4. The number of imide groups is 1. The lowest BCUT2D eigenvalue weighted by Crippen LogP contribution is -2.63. The molecule has 4 atom stereocenters. The van der Waals surface area contributed by atoms with E-state index in [0.29, 0.717) is 19.4 Å². The van der Waals surface area contributed by atoms with Crippen molar-refractivity contribution in [3.63, 3.8) is 0 Å². The molecular formula is C25H40F3N5O4. The number of amides is 5. The third-order valence-electron chi connectivity index (χ3n) is 8.83. The Labute approximate surface area is 216 Å². The van der Waals surface area contributed by atoms with E-state index in [1.165, 1.54) is 4.90 Å². The molecule has 2 saturated carbocycles. The van der Waals surface area contributed by atoms with Crippen LogP contribution in [0.1, 0.15) is 54.4 Å². The molecule has 0 aromatic rings. The smallest absolute Gasteiger partial charge is 0.338 e. The predicted molar refractivity (Wildman–Crippen MR) is 130 cm³/mol. The van der Waals surface area contributed by atoms with E-state index >= 15 is 0 Å². The predicted octanol–water partition coefficient (Wildman–Crippen LogP) is 2.22.